The van der Waals surface area contributed by atoms with E-state index in [9.17, 15) is 4.79 Å². The van der Waals surface area contributed by atoms with Crippen LogP contribution in [-0.4, -0.2) is 37.7 Å². The minimum Gasteiger partial charge on any atom is -0.544 e. The Bertz CT molecular complexity index is 1070. The third kappa shape index (κ3) is 5.67. The molecule has 190 valence electrons. The van der Waals surface area contributed by atoms with Crippen molar-refractivity contribution in [2.45, 2.75) is 90.6 Å². The molecule has 7 heteroatoms. The van der Waals surface area contributed by atoms with Crippen molar-refractivity contribution in [3.63, 3.8) is 0 Å². The zero-order valence-corrected chi connectivity index (χ0v) is 23.3. The molecule has 2 aliphatic rings. The number of cyclic esters (lactones) is 1. The molecule has 1 fully saturated rings. The second-order valence-electron chi connectivity index (χ2n) is 11.7. The van der Waals surface area contributed by atoms with Gasteiger partial charge in [0.05, 0.1) is 13.2 Å². The average Bonchev–Trinajstić information content (AvgIpc) is 3.15. The quantitative estimate of drug-likeness (QED) is 0.409. The number of benzene rings is 2. The van der Waals surface area contributed by atoms with Crippen molar-refractivity contribution in [1.29, 1.82) is 0 Å². The van der Waals surface area contributed by atoms with E-state index in [1.807, 2.05) is 49.1 Å². The highest BCUT2D eigenvalue weighted by Gasteiger charge is 2.39. The number of hydrogen-bond acceptors (Lipinski definition) is 5. The third-order valence-electron chi connectivity index (χ3n) is 7.39. The van der Waals surface area contributed by atoms with Gasteiger partial charge in [-0.3, -0.25) is 0 Å². The fraction of sp³-hybridized carbons (Fsp3) is 0.536. The van der Waals surface area contributed by atoms with Crippen molar-refractivity contribution in [1.82, 2.24) is 4.90 Å². The van der Waals surface area contributed by atoms with Gasteiger partial charge in [0, 0.05) is 25.5 Å². The predicted molar refractivity (Wildman–Crippen MR) is 139 cm³/mol. The summed E-state index contributed by atoms with van der Waals surface area (Å²) in [5, 5.41) is 0.154. The Labute approximate surface area is 210 Å². The van der Waals surface area contributed by atoms with Crippen molar-refractivity contribution >= 4 is 14.4 Å². The van der Waals surface area contributed by atoms with Gasteiger partial charge in [-0.15, -0.1) is 0 Å². The second-order valence-corrected chi connectivity index (χ2v) is 16.5. The largest absolute Gasteiger partial charge is 0.544 e. The Hall–Kier alpha value is -2.51. The van der Waals surface area contributed by atoms with Gasteiger partial charge >= 0.3 is 6.09 Å². The molecule has 2 heterocycles. The van der Waals surface area contributed by atoms with E-state index in [0.29, 0.717) is 13.2 Å². The Morgan fingerprint density at radius 3 is 2.49 bits per heavy atom. The lowest BCUT2D eigenvalue weighted by atomic mass is 10.0. The number of carbonyl (C=O) groups excluding carboxylic acids is 1. The number of carbonyl (C=O) groups is 1. The summed E-state index contributed by atoms with van der Waals surface area (Å²) >= 11 is 0. The van der Waals surface area contributed by atoms with Crippen LogP contribution in [0.2, 0.25) is 18.1 Å². The van der Waals surface area contributed by atoms with Gasteiger partial charge in [0.15, 0.2) is 0 Å². The normalized spacial score (nSPS) is 20.6. The summed E-state index contributed by atoms with van der Waals surface area (Å²) in [7, 11) is -1.87. The van der Waals surface area contributed by atoms with E-state index < -0.39 is 14.1 Å². The lowest BCUT2D eigenvalue weighted by Gasteiger charge is -2.36. The maximum Gasteiger partial charge on any atom is 0.410 e. The Morgan fingerprint density at radius 2 is 1.83 bits per heavy atom. The first-order valence-electron chi connectivity index (χ1n) is 12.5. The van der Waals surface area contributed by atoms with Gasteiger partial charge in [-0.25, -0.2) is 4.79 Å². The van der Waals surface area contributed by atoms with E-state index in [2.05, 4.69) is 52.9 Å². The monoisotopic (exact) mass is 497 g/mol. The van der Waals surface area contributed by atoms with Crippen molar-refractivity contribution in [2.75, 3.05) is 6.54 Å². The van der Waals surface area contributed by atoms with Gasteiger partial charge in [0.1, 0.15) is 17.6 Å². The minimum atomic E-state index is -1.87. The lowest BCUT2D eigenvalue weighted by Crippen LogP contribution is -2.43. The number of amides is 1. The Balaban J connectivity index is 1.38. The molecule has 0 saturated carbocycles. The van der Waals surface area contributed by atoms with Crippen LogP contribution in [0.3, 0.4) is 0 Å². The van der Waals surface area contributed by atoms with E-state index in [4.69, 9.17) is 18.6 Å². The number of ether oxygens (including phenoxy) is 3. The molecule has 2 aliphatic heterocycles. The van der Waals surface area contributed by atoms with Crippen molar-refractivity contribution in [3.8, 4) is 11.5 Å². The first kappa shape index (κ1) is 25.6. The topological polar surface area (TPSA) is 57.2 Å². The molecule has 0 unspecified atom stereocenters. The Kier molecular flexibility index (Phi) is 6.70. The van der Waals surface area contributed by atoms with Gasteiger partial charge in [-0.2, -0.15) is 0 Å². The summed E-state index contributed by atoms with van der Waals surface area (Å²) in [5.41, 5.74) is 3.11. The van der Waals surface area contributed by atoms with Crippen molar-refractivity contribution in [2.24, 2.45) is 0 Å². The minimum absolute atomic E-state index is 0.0183. The van der Waals surface area contributed by atoms with E-state index in [0.717, 1.165) is 29.0 Å². The van der Waals surface area contributed by atoms with Crippen LogP contribution < -0.4 is 9.16 Å². The van der Waals surface area contributed by atoms with Crippen LogP contribution in [0.4, 0.5) is 4.79 Å². The van der Waals surface area contributed by atoms with Crippen molar-refractivity contribution < 1.29 is 23.4 Å². The highest BCUT2D eigenvalue weighted by molar-refractivity contribution is 6.74. The number of nitrogens with zero attached hydrogens (tertiary/aromatic N) is 1. The standard InChI is InChI=1S/C28H39NO5Si/c1-19(15-20-9-12-23(13-10-20)34-35(7,8)27(2,3)4)29-17-25(32-26(29)30)21-11-14-24-22(16-21)18-31-28(5,6)33-24/h9-14,16,19,25H,15,17-18H2,1-8H3/t19-,25+/m1/s1. The first-order chi connectivity index (χ1) is 16.2. The lowest BCUT2D eigenvalue weighted by molar-refractivity contribution is -0.180. The van der Waals surface area contributed by atoms with Crippen LogP contribution in [0.1, 0.15) is 64.3 Å². The van der Waals surface area contributed by atoms with Crippen LogP contribution in [0, 0.1) is 0 Å². The molecule has 0 aliphatic carbocycles. The summed E-state index contributed by atoms with van der Waals surface area (Å²) in [6.07, 6.45) is 0.181. The SMILES string of the molecule is C[C@H](Cc1ccc(O[Si](C)(C)C(C)(C)C)cc1)N1C[C@@H](c2ccc3c(c2)COC(C)(C)O3)OC1=O. The van der Waals surface area contributed by atoms with Gasteiger partial charge in [-0.05, 0) is 66.9 Å². The molecule has 1 amide bonds. The van der Waals surface area contributed by atoms with Crippen LogP contribution in [0.5, 0.6) is 11.5 Å². The van der Waals surface area contributed by atoms with E-state index in [-0.39, 0.29) is 23.3 Å². The molecule has 0 radical (unpaired) electrons. The highest BCUT2D eigenvalue weighted by Crippen LogP contribution is 2.38. The zero-order chi connectivity index (χ0) is 25.6. The average molecular weight is 498 g/mol. The molecule has 6 nitrogen and oxygen atoms in total. The molecule has 0 N–H and O–H groups in total. The highest BCUT2D eigenvalue weighted by atomic mass is 28.4. The van der Waals surface area contributed by atoms with Crippen LogP contribution >= 0.6 is 0 Å². The van der Waals surface area contributed by atoms with Gasteiger partial charge in [0.2, 0.25) is 14.1 Å². The number of rotatable bonds is 6. The molecule has 0 spiro atoms. The fourth-order valence-corrected chi connectivity index (χ4v) is 5.20. The second kappa shape index (κ2) is 9.17. The molecule has 0 bridgehead atoms. The van der Waals surface area contributed by atoms with Crippen LogP contribution in [0.15, 0.2) is 42.5 Å². The molecule has 2 aromatic carbocycles. The molecule has 35 heavy (non-hydrogen) atoms. The number of fused-ring (bicyclic) bond motifs is 1. The predicted octanol–water partition coefficient (Wildman–Crippen LogP) is 6.84. The van der Waals surface area contributed by atoms with Crippen LogP contribution in [-0.2, 0) is 22.5 Å². The summed E-state index contributed by atoms with van der Waals surface area (Å²) in [5.74, 6) is 1.10. The van der Waals surface area contributed by atoms with Crippen LogP contribution in [0.25, 0.3) is 0 Å². The fourth-order valence-electron chi connectivity index (χ4n) is 4.16. The molecule has 0 aromatic heterocycles. The Morgan fingerprint density at radius 1 is 1.14 bits per heavy atom. The summed E-state index contributed by atoms with van der Waals surface area (Å²) < 4.78 is 23.8. The van der Waals surface area contributed by atoms with Gasteiger partial charge in [-0.1, -0.05) is 39.0 Å². The summed E-state index contributed by atoms with van der Waals surface area (Å²) in [6.45, 7) is 18.1. The maximum absolute atomic E-state index is 12.7. The molecule has 4 rings (SSSR count). The number of hydrogen-bond donors (Lipinski definition) is 0. The van der Waals surface area contributed by atoms with Crippen molar-refractivity contribution in [3.05, 3.63) is 59.2 Å². The summed E-state index contributed by atoms with van der Waals surface area (Å²) in [4.78, 5) is 14.5. The first-order valence-corrected chi connectivity index (χ1v) is 15.4. The molecule has 2 aromatic rings. The molecular weight excluding hydrogens is 458 g/mol. The zero-order valence-electron chi connectivity index (χ0n) is 22.3. The van der Waals surface area contributed by atoms with E-state index in [1.165, 1.54) is 5.56 Å². The van der Waals surface area contributed by atoms with E-state index in [1.54, 1.807) is 0 Å². The third-order valence-corrected chi connectivity index (χ3v) is 11.8. The van der Waals surface area contributed by atoms with Gasteiger partial charge < -0.3 is 23.5 Å². The van der Waals surface area contributed by atoms with E-state index >= 15 is 0 Å². The summed E-state index contributed by atoms with van der Waals surface area (Å²) in [6, 6.07) is 14.3. The van der Waals surface area contributed by atoms with Gasteiger partial charge in [0.25, 0.3) is 0 Å². The smallest absolute Gasteiger partial charge is 0.410 e. The maximum atomic E-state index is 12.7. The molecular formula is C28H39NO5Si. The molecule has 2 atom stereocenters. The molecule has 1 saturated heterocycles.